The molecular weight excluding hydrogens is 171 g/mol. The third-order valence-electron chi connectivity index (χ3n) is 1.58. The van der Waals surface area contributed by atoms with Crippen molar-refractivity contribution in [1.82, 2.24) is 0 Å². The molecule has 0 saturated carbocycles. The molecule has 1 aromatic rings. The number of rotatable bonds is 2. The Morgan fingerprint density at radius 1 is 1.62 bits per heavy atom. The van der Waals surface area contributed by atoms with E-state index in [0.717, 1.165) is 0 Å². The van der Waals surface area contributed by atoms with Gasteiger partial charge in [0.15, 0.2) is 0 Å². The highest BCUT2D eigenvalue weighted by Gasteiger charge is 2.03. The Morgan fingerprint density at radius 3 is 2.77 bits per heavy atom. The molecule has 13 heavy (non-hydrogen) atoms. The van der Waals surface area contributed by atoms with Gasteiger partial charge in [0, 0.05) is 13.5 Å². The second-order valence-electron chi connectivity index (χ2n) is 2.70. The maximum absolute atomic E-state index is 13.1. The molecule has 1 rings (SSSR count). The Bertz CT molecular complexity index is 325. The smallest absolute Gasteiger partial charge is 0.221 e. The van der Waals surface area contributed by atoms with Crippen molar-refractivity contribution in [1.29, 1.82) is 0 Å². The quantitative estimate of drug-likeness (QED) is 0.723. The molecule has 0 aliphatic heterocycles. The van der Waals surface area contributed by atoms with Crippen molar-refractivity contribution in [2.45, 2.75) is 13.5 Å². The molecule has 0 spiro atoms. The predicted molar refractivity (Wildman–Crippen MR) is 48.6 cm³/mol. The van der Waals surface area contributed by atoms with E-state index in [9.17, 15) is 9.18 Å². The minimum absolute atomic E-state index is 0.185. The van der Waals surface area contributed by atoms with Crippen LogP contribution >= 0.6 is 0 Å². The van der Waals surface area contributed by atoms with Crippen LogP contribution in [-0.2, 0) is 11.3 Å². The van der Waals surface area contributed by atoms with Gasteiger partial charge in [0.05, 0.1) is 5.69 Å². The Hall–Kier alpha value is -1.42. The van der Waals surface area contributed by atoms with Gasteiger partial charge in [0.2, 0.25) is 5.91 Å². The first-order valence-electron chi connectivity index (χ1n) is 3.89. The second-order valence-corrected chi connectivity index (χ2v) is 2.70. The van der Waals surface area contributed by atoms with Gasteiger partial charge in [-0.25, -0.2) is 4.39 Å². The monoisotopic (exact) mass is 182 g/mol. The molecular formula is C9H11FN2O. The average molecular weight is 182 g/mol. The predicted octanol–water partition coefficient (Wildman–Crippen LogP) is 1.24. The lowest BCUT2D eigenvalue weighted by Crippen LogP contribution is -2.08. The van der Waals surface area contributed by atoms with Crippen LogP contribution in [0.2, 0.25) is 0 Å². The minimum atomic E-state index is -0.460. The van der Waals surface area contributed by atoms with E-state index in [1.807, 2.05) is 0 Å². The number of nitrogens with one attached hydrogen (secondary N) is 1. The van der Waals surface area contributed by atoms with E-state index < -0.39 is 5.82 Å². The standard InChI is InChI=1S/C9H11FN2O/c1-6(13)12-9-3-2-7(5-11)4-8(9)10/h2-4H,5,11H2,1H3,(H,12,13). The minimum Gasteiger partial charge on any atom is -0.326 e. The molecule has 0 fully saturated rings. The van der Waals surface area contributed by atoms with Gasteiger partial charge in [-0.3, -0.25) is 4.79 Å². The average Bonchev–Trinajstić information content (AvgIpc) is 2.08. The van der Waals surface area contributed by atoms with Crippen molar-refractivity contribution in [2.24, 2.45) is 5.73 Å². The van der Waals surface area contributed by atoms with Crippen molar-refractivity contribution in [3.8, 4) is 0 Å². The second kappa shape index (κ2) is 4.00. The zero-order chi connectivity index (χ0) is 9.84. The van der Waals surface area contributed by atoms with Gasteiger partial charge < -0.3 is 11.1 Å². The summed E-state index contributed by atoms with van der Waals surface area (Å²) < 4.78 is 13.1. The van der Waals surface area contributed by atoms with Crippen LogP contribution in [0.25, 0.3) is 0 Å². The zero-order valence-corrected chi connectivity index (χ0v) is 7.30. The summed E-state index contributed by atoms with van der Waals surface area (Å²) in [5, 5.41) is 2.37. The molecule has 1 aromatic carbocycles. The van der Waals surface area contributed by atoms with Crippen LogP contribution in [0.5, 0.6) is 0 Å². The first-order valence-corrected chi connectivity index (χ1v) is 3.89. The Morgan fingerprint density at radius 2 is 2.31 bits per heavy atom. The molecule has 0 heterocycles. The molecule has 0 unspecified atom stereocenters. The number of amides is 1. The lowest BCUT2D eigenvalue weighted by atomic mass is 10.2. The lowest BCUT2D eigenvalue weighted by Gasteiger charge is -2.04. The molecule has 3 N–H and O–H groups in total. The highest BCUT2D eigenvalue weighted by atomic mass is 19.1. The van der Waals surface area contributed by atoms with E-state index in [0.29, 0.717) is 5.56 Å². The summed E-state index contributed by atoms with van der Waals surface area (Å²) in [5.41, 5.74) is 6.20. The van der Waals surface area contributed by atoms with Crippen molar-refractivity contribution in [3.05, 3.63) is 29.6 Å². The number of nitrogens with two attached hydrogens (primary N) is 1. The summed E-state index contributed by atoms with van der Waals surface area (Å²) in [5.74, 6) is -0.752. The number of hydrogen-bond acceptors (Lipinski definition) is 2. The van der Waals surface area contributed by atoms with Crippen LogP contribution in [0.1, 0.15) is 12.5 Å². The number of hydrogen-bond donors (Lipinski definition) is 2. The molecule has 3 nitrogen and oxygen atoms in total. The number of carbonyl (C=O) groups is 1. The van der Waals surface area contributed by atoms with Crippen LogP contribution in [-0.4, -0.2) is 5.91 Å². The highest BCUT2D eigenvalue weighted by Crippen LogP contribution is 2.15. The van der Waals surface area contributed by atoms with Gasteiger partial charge in [-0.05, 0) is 17.7 Å². The van der Waals surface area contributed by atoms with Gasteiger partial charge >= 0.3 is 0 Å². The number of anilines is 1. The first-order chi connectivity index (χ1) is 6.13. The largest absolute Gasteiger partial charge is 0.326 e. The van der Waals surface area contributed by atoms with E-state index in [1.54, 1.807) is 6.07 Å². The fraction of sp³-hybridized carbons (Fsp3) is 0.222. The molecule has 0 aliphatic carbocycles. The highest BCUT2D eigenvalue weighted by molar-refractivity contribution is 5.88. The summed E-state index contributed by atoms with van der Waals surface area (Å²) in [6.45, 7) is 1.62. The normalized spacial score (nSPS) is 9.77. The summed E-state index contributed by atoms with van der Waals surface area (Å²) in [7, 11) is 0. The summed E-state index contributed by atoms with van der Waals surface area (Å²) in [6.07, 6.45) is 0. The topological polar surface area (TPSA) is 55.1 Å². The molecule has 0 aromatic heterocycles. The van der Waals surface area contributed by atoms with Crippen LogP contribution in [0.3, 0.4) is 0 Å². The third kappa shape index (κ3) is 2.52. The number of carbonyl (C=O) groups excluding carboxylic acids is 1. The molecule has 1 amide bonds. The van der Waals surface area contributed by atoms with E-state index in [1.165, 1.54) is 19.1 Å². The van der Waals surface area contributed by atoms with Gasteiger partial charge in [0.1, 0.15) is 5.82 Å². The number of halogens is 1. The Balaban J connectivity index is 2.91. The van der Waals surface area contributed by atoms with Crippen LogP contribution < -0.4 is 11.1 Å². The molecule has 0 radical (unpaired) electrons. The van der Waals surface area contributed by atoms with Crippen molar-refractivity contribution >= 4 is 11.6 Å². The third-order valence-corrected chi connectivity index (χ3v) is 1.58. The maximum atomic E-state index is 13.1. The van der Waals surface area contributed by atoms with Crippen molar-refractivity contribution in [2.75, 3.05) is 5.32 Å². The molecule has 4 heteroatoms. The van der Waals surface area contributed by atoms with E-state index in [2.05, 4.69) is 5.32 Å². The van der Waals surface area contributed by atoms with Gasteiger partial charge in [0.25, 0.3) is 0 Å². The van der Waals surface area contributed by atoms with Crippen LogP contribution in [0, 0.1) is 5.82 Å². The van der Waals surface area contributed by atoms with Gasteiger partial charge in [-0.15, -0.1) is 0 Å². The van der Waals surface area contributed by atoms with E-state index in [-0.39, 0.29) is 18.1 Å². The van der Waals surface area contributed by atoms with Gasteiger partial charge in [-0.2, -0.15) is 0 Å². The molecule has 0 bridgehead atoms. The van der Waals surface area contributed by atoms with Crippen molar-refractivity contribution < 1.29 is 9.18 Å². The Kier molecular flexibility index (Phi) is 2.97. The summed E-state index contributed by atoms with van der Waals surface area (Å²) in [6, 6.07) is 4.48. The summed E-state index contributed by atoms with van der Waals surface area (Å²) >= 11 is 0. The zero-order valence-electron chi connectivity index (χ0n) is 7.30. The molecule has 70 valence electrons. The maximum Gasteiger partial charge on any atom is 0.221 e. The fourth-order valence-corrected chi connectivity index (χ4v) is 0.977. The van der Waals surface area contributed by atoms with Crippen LogP contribution in [0.15, 0.2) is 18.2 Å². The van der Waals surface area contributed by atoms with Crippen molar-refractivity contribution in [3.63, 3.8) is 0 Å². The van der Waals surface area contributed by atoms with Crippen LogP contribution in [0.4, 0.5) is 10.1 Å². The summed E-state index contributed by atoms with van der Waals surface area (Å²) in [4.78, 5) is 10.6. The van der Waals surface area contributed by atoms with E-state index >= 15 is 0 Å². The lowest BCUT2D eigenvalue weighted by molar-refractivity contribution is -0.114. The molecule has 0 aliphatic rings. The fourth-order valence-electron chi connectivity index (χ4n) is 0.977. The van der Waals surface area contributed by atoms with Gasteiger partial charge in [-0.1, -0.05) is 6.07 Å². The van der Waals surface area contributed by atoms with E-state index in [4.69, 9.17) is 5.73 Å². The first kappa shape index (κ1) is 9.67. The number of benzene rings is 1. The SMILES string of the molecule is CC(=O)Nc1ccc(CN)cc1F. The molecule has 0 atom stereocenters. The molecule has 0 saturated heterocycles. The Labute approximate surface area is 75.7 Å².